The van der Waals surface area contributed by atoms with E-state index in [4.69, 9.17) is 4.74 Å². The van der Waals surface area contributed by atoms with Crippen molar-refractivity contribution in [1.82, 2.24) is 0 Å². The standard InChI is InChI=1S/C15H14.C10H10S.C5H12O3S/c1-10-3-5-14-12(7-10)9-13-8-11(2)4-6-15(13)14;1-7-9-5-3-4-6-10(9)8(2)11-7;1-3-8-4-5-9(2,6)7/h3-8H,9H2,1-2H3;3-6H,1-2H3;3-5H2,1-2H3. The third-order valence-electron chi connectivity index (χ3n) is 5.99. The summed E-state index contributed by atoms with van der Waals surface area (Å²) < 4.78 is 25.7. The fourth-order valence-electron chi connectivity index (χ4n) is 4.26. The lowest BCUT2D eigenvalue weighted by atomic mass is 10.0. The SMILES string of the molecule is CCOCCS(C)(=O)=O.Cc1ccc2c(c1)Cc1cc(C)ccc1-2.Cc1sc(C)c2ccccc12. The Morgan fingerprint density at radius 3 is 1.71 bits per heavy atom. The molecule has 0 bridgehead atoms. The Balaban J connectivity index is 0.000000153. The molecule has 5 heteroatoms. The summed E-state index contributed by atoms with van der Waals surface area (Å²) in [5.41, 5.74) is 8.54. The summed E-state index contributed by atoms with van der Waals surface area (Å²) in [5.74, 6) is 0.126. The molecular weight excluding hydrogens is 472 g/mol. The quantitative estimate of drug-likeness (QED) is 0.237. The van der Waals surface area contributed by atoms with Gasteiger partial charge in [-0.15, -0.1) is 11.3 Å². The van der Waals surface area contributed by atoms with Gasteiger partial charge in [-0.1, -0.05) is 71.8 Å². The average molecular weight is 509 g/mol. The van der Waals surface area contributed by atoms with Crippen LogP contribution in [-0.2, 0) is 21.0 Å². The first-order valence-electron chi connectivity index (χ1n) is 12.0. The molecule has 35 heavy (non-hydrogen) atoms. The lowest BCUT2D eigenvalue weighted by Crippen LogP contribution is -2.09. The first-order chi connectivity index (χ1) is 16.6. The number of rotatable bonds is 4. The Hall–Kier alpha value is -2.47. The number of hydrogen-bond acceptors (Lipinski definition) is 4. The largest absolute Gasteiger partial charge is 0.381 e. The van der Waals surface area contributed by atoms with Gasteiger partial charge in [0, 0.05) is 22.6 Å². The molecule has 3 nitrogen and oxygen atoms in total. The number of ether oxygens (including phenoxy) is 1. The van der Waals surface area contributed by atoms with Gasteiger partial charge in [0.2, 0.25) is 0 Å². The number of fused-ring (bicyclic) bond motifs is 4. The highest BCUT2D eigenvalue weighted by Crippen LogP contribution is 2.37. The zero-order valence-electron chi connectivity index (χ0n) is 21.6. The fraction of sp³-hybridized carbons (Fsp3) is 0.333. The van der Waals surface area contributed by atoms with Crippen LogP contribution in [0.1, 0.15) is 38.9 Å². The van der Waals surface area contributed by atoms with Gasteiger partial charge in [-0.25, -0.2) is 8.42 Å². The Kier molecular flexibility index (Phi) is 9.28. The number of benzene rings is 3. The molecule has 0 aliphatic heterocycles. The summed E-state index contributed by atoms with van der Waals surface area (Å²) in [6.07, 6.45) is 2.31. The Bertz CT molecular complexity index is 1310. The van der Waals surface area contributed by atoms with Gasteiger partial charge in [0.05, 0.1) is 12.4 Å². The van der Waals surface area contributed by atoms with Crippen LogP contribution in [-0.4, -0.2) is 33.6 Å². The van der Waals surface area contributed by atoms with E-state index in [1.165, 1.54) is 60.2 Å². The van der Waals surface area contributed by atoms with E-state index in [1.807, 2.05) is 18.3 Å². The highest BCUT2D eigenvalue weighted by atomic mass is 32.2. The summed E-state index contributed by atoms with van der Waals surface area (Å²) >= 11 is 1.88. The highest BCUT2D eigenvalue weighted by molar-refractivity contribution is 7.90. The maximum atomic E-state index is 10.4. The minimum atomic E-state index is -2.82. The van der Waals surface area contributed by atoms with Crippen LogP contribution in [0.2, 0.25) is 0 Å². The number of thiophene rings is 1. The summed E-state index contributed by atoms with van der Waals surface area (Å²) in [7, 11) is -2.82. The van der Waals surface area contributed by atoms with Gasteiger partial charge < -0.3 is 4.74 Å². The molecule has 0 saturated carbocycles. The second kappa shape index (κ2) is 12.0. The first kappa shape index (κ1) is 27.1. The third-order valence-corrected chi connectivity index (χ3v) is 7.95. The normalized spacial score (nSPS) is 11.7. The molecule has 5 rings (SSSR count). The van der Waals surface area contributed by atoms with E-state index in [2.05, 4.69) is 88.4 Å². The van der Waals surface area contributed by atoms with Gasteiger partial charge in [-0.2, -0.15) is 0 Å². The third kappa shape index (κ3) is 7.50. The summed E-state index contributed by atoms with van der Waals surface area (Å²) in [6.45, 7) is 11.4. The van der Waals surface area contributed by atoms with Crippen molar-refractivity contribution in [1.29, 1.82) is 0 Å². The smallest absolute Gasteiger partial charge is 0.149 e. The minimum Gasteiger partial charge on any atom is -0.381 e. The van der Waals surface area contributed by atoms with E-state index in [-0.39, 0.29) is 5.75 Å². The number of hydrogen-bond donors (Lipinski definition) is 0. The molecule has 3 aromatic carbocycles. The Morgan fingerprint density at radius 2 is 1.29 bits per heavy atom. The van der Waals surface area contributed by atoms with Crippen molar-refractivity contribution in [3.05, 3.63) is 92.7 Å². The molecule has 186 valence electrons. The van der Waals surface area contributed by atoms with E-state index in [1.54, 1.807) is 0 Å². The number of aryl methyl sites for hydroxylation is 4. The second-order valence-electron chi connectivity index (χ2n) is 9.08. The molecule has 0 amide bonds. The van der Waals surface area contributed by atoms with Gasteiger partial charge in [0.15, 0.2) is 0 Å². The van der Waals surface area contributed by atoms with Gasteiger partial charge >= 0.3 is 0 Å². The molecule has 0 N–H and O–H groups in total. The maximum absolute atomic E-state index is 10.4. The predicted molar refractivity (Wildman–Crippen MR) is 152 cm³/mol. The van der Waals surface area contributed by atoms with Crippen molar-refractivity contribution >= 4 is 31.9 Å². The molecule has 0 spiro atoms. The van der Waals surface area contributed by atoms with Crippen molar-refractivity contribution in [2.75, 3.05) is 25.2 Å². The van der Waals surface area contributed by atoms with Crippen LogP contribution in [0.4, 0.5) is 0 Å². The van der Waals surface area contributed by atoms with Crippen LogP contribution in [0.5, 0.6) is 0 Å². The molecule has 0 atom stereocenters. The van der Waals surface area contributed by atoms with Crippen LogP contribution in [0, 0.1) is 27.7 Å². The lowest BCUT2D eigenvalue weighted by Gasteiger charge is -2.01. The van der Waals surface area contributed by atoms with E-state index >= 15 is 0 Å². The van der Waals surface area contributed by atoms with E-state index < -0.39 is 9.84 Å². The molecule has 0 unspecified atom stereocenters. The molecule has 4 aromatic rings. The van der Waals surface area contributed by atoms with E-state index in [0.717, 1.165) is 6.42 Å². The molecule has 1 aromatic heterocycles. The molecular formula is C30H36O3S2. The molecule has 1 aliphatic carbocycles. The Labute approximate surface area is 214 Å². The van der Waals surface area contributed by atoms with Crippen LogP contribution < -0.4 is 0 Å². The summed E-state index contributed by atoms with van der Waals surface area (Å²) in [5, 5.41) is 2.82. The van der Waals surface area contributed by atoms with E-state index in [9.17, 15) is 8.42 Å². The molecule has 1 heterocycles. The van der Waals surface area contributed by atoms with Crippen molar-refractivity contribution in [3.63, 3.8) is 0 Å². The van der Waals surface area contributed by atoms with Crippen LogP contribution in [0.15, 0.2) is 60.7 Å². The maximum Gasteiger partial charge on any atom is 0.149 e. The molecule has 1 aliphatic rings. The second-order valence-corrected chi connectivity index (χ2v) is 12.8. The van der Waals surface area contributed by atoms with Crippen molar-refractivity contribution in [3.8, 4) is 11.1 Å². The molecule has 0 fully saturated rings. The minimum absolute atomic E-state index is 0.126. The topological polar surface area (TPSA) is 43.4 Å². The van der Waals surface area contributed by atoms with Gasteiger partial charge in [-0.3, -0.25) is 0 Å². The van der Waals surface area contributed by atoms with Crippen LogP contribution in [0.3, 0.4) is 0 Å². The van der Waals surface area contributed by atoms with Crippen LogP contribution >= 0.6 is 11.3 Å². The summed E-state index contributed by atoms with van der Waals surface area (Å²) in [6, 6.07) is 22.1. The van der Waals surface area contributed by atoms with Gasteiger partial charge in [-0.05, 0) is 74.1 Å². The zero-order valence-corrected chi connectivity index (χ0v) is 23.3. The fourth-order valence-corrected chi connectivity index (χ4v) is 5.72. The molecule has 0 saturated heterocycles. The number of sulfone groups is 1. The van der Waals surface area contributed by atoms with Crippen molar-refractivity contribution in [2.24, 2.45) is 0 Å². The molecule has 0 radical (unpaired) electrons. The van der Waals surface area contributed by atoms with Crippen molar-refractivity contribution in [2.45, 2.75) is 41.0 Å². The van der Waals surface area contributed by atoms with Gasteiger partial charge in [0.25, 0.3) is 0 Å². The predicted octanol–water partition coefficient (Wildman–Crippen LogP) is 7.46. The summed E-state index contributed by atoms with van der Waals surface area (Å²) in [4.78, 5) is 2.86. The van der Waals surface area contributed by atoms with E-state index in [0.29, 0.717) is 13.2 Å². The Morgan fingerprint density at radius 1 is 0.800 bits per heavy atom. The monoisotopic (exact) mass is 508 g/mol. The van der Waals surface area contributed by atoms with Crippen molar-refractivity contribution < 1.29 is 13.2 Å². The van der Waals surface area contributed by atoms with Gasteiger partial charge in [0.1, 0.15) is 9.84 Å². The van der Waals surface area contributed by atoms with Crippen LogP contribution in [0.25, 0.3) is 21.9 Å². The lowest BCUT2D eigenvalue weighted by molar-refractivity contribution is 0.163. The average Bonchev–Trinajstić information content (AvgIpc) is 3.29. The first-order valence-corrected chi connectivity index (χ1v) is 14.9. The highest BCUT2D eigenvalue weighted by Gasteiger charge is 2.17. The zero-order chi connectivity index (χ0) is 25.6.